The molecule has 2 heterocycles. The lowest BCUT2D eigenvalue weighted by Gasteiger charge is -2.04. The second-order valence-electron chi connectivity index (χ2n) is 5.21. The lowest BCUT2D eigenvalue weighted by Crippen LogP contribution is -2.31. The number of aromatic nitrogens is 4. The SMILES string of the molecule is C\C=C/C=c1/ncc(-c2ccc(-c3cncnc3)cc2)n/c1=C/C. The van der Waals surface area contributed by atoms with E-state index >= 15 is 0 Å². The summed E-state index contributed by atoms with van der Waals surface area (Å²) in [5.41, 5.74) is 3.96. The molecule has 0 radical (unpaired) electrons. The van der Waals surface area contributed by atoms with Crippen LogP contribution in [0, 0.1) is 0 Å². The summed E-state index contributed by atoms with van der Waals surface area (Å²) in [7, 11) is 0. The fourth-order valence-electron chi connectivity index (χ4n) is 2.36. The van der Waals surface area contributed by atoms with Crippen molar-refractivity contribution in [2.24, 2.45) is 0 Å². The van der Waals surface area contributed by atoms with Gasteiger partial charge in [0.1, 0.15) is 6.33 Å². The molecule has 0 aliphatic carbocycles. The first-order valence-corrected chi connectivity index (χ1v) is 7.80. The molecule has 0 unspecified atom stereocenters. The van der Waals surface area contributed by atoms with Crippen LogP contribution in [0.4, 0.5) is 0 Å². The van der Waals surface area contributed by atoms with Crippen molar-refractivity contribution in [3.05, 3.63) is 72.0 Å². The van der Waals surface area contributed by atoms with E-state index in [0.29, 0.717) is 0 Å². The Morgan fingerprint density at radius 1 is 0.792 bits per heavy atom. The Morgan fingerprint density at radius 2 is 1.50 bits per heavy atom. The molecular formula is C20H18N4. The molecule has 4 nitrogen and oxygen atoms in total. The highest BCUT2D eigenvalue weighted by molar-refractivity contribution is 5.67. The van der Waals surface area contributed by atoms with Gasteiger partial charge in [-0.15, -0.1) is 0 Å². The van der Waals surface area contributed by atoms with Gasteiger partial charge in [0.15, 0.2) is 0 Å². The van der Waals surface area contributed by atoms with Crippen LogP contribution in [0.3, 0.4) is 0 Å². The highest BCUT2D eigenvalue weighted by Crippen LogP contribution is 2.21. The molecule has 3 rings (SSSR count). The molecule has 2 aromatic heterocycles. The molecule has 0 bridgehead atoms. The van der Waals surface area contributed by atoms with Crippen LogP contribution in [-0.2, 0) is 0 Å². The molecule has 4 heteroatoms. The van der Waals surface area contributed by atoms with E-state index in [1.54, 1.807) is 12.4 Å². The van der Waals surface area contributed by atoms with Crippen molar-refractivity contribution >= 4 is 12.2 Å². The fourth-order valence-corrected chi connectivity index (χ4v) is 2.36. The molecule has 0 aliphatic rings. The molecule has 0 spiro atoms. The van der Waals surface area contributed by atoms with E-state index in [2.05, 4.69) is 15.0 Å². The lowest BCUT2D eigenvalue weighted by atomic mass is 10.1. The van der Waals surface area contributed by atoms with Crippen LogP contribution in [0.25, 0.3) is 34.5 Å². The maximum Gasteiger partial charge on any atom is 0.115 e. The average Bonchev–Trinajstić information content (AvgIpc) is 2.67. The van der Waals surface area contributed by atoms with Gasteiger partial charge in [0, 0.05) is 23.5 Å². The van der Waals surface area contributed by atoms with Crippen molar-refractivity contribution in [1.82, 2.24) is 19.9 Å². The first-order valence-electron chi connectivity index (χ1n) is 7.80. The molecule has 1 aromatic carbocycles. The Bertz CT molecular complexity index is 959. The quantitative estimate of drug-likeness (QED) is 0.746. The summed E-state index contributed by atoms with van der Waals surface area (Å²) >= 11 is 0. The Labute approximate surface area is 141 Å². The average molecular weight is 314 g/mol. The third kappa shape index (κ3) is 3.43. The minimum absolute atomic E-state index is 0.858. The van der Waals surface area contributed by atoms with Crippen LogP contribution < -0.4 is 10.7 Å². The predicted molar refractivity (Wildman–Crippen MR) is 97.2 cm³/mol. The molecule has 0 aliphatic heterocycles. The molecule has 0 amide bonds. The zero-order valence-electron chi connectivity index (χ0n) is 13.7. The second-order valence-corrected chi connectivity index (χ2v) is 5.21. The third-order valence-corrected chi connectivity index (χ3v) is 3.62. The Morgan fingerprint density at radius 3 is 2.17 bits per heavy atom. The molecule has 0 saturated carbocycles. The van der Waals surface area contributed by atoms with Crippen molar-refractivity contribution < 1.29 is 0 Å². The van der Waals surface area contributed by atoms with Crippen molar-refractivity contribution in [3.63, 3.8) is 0 Å². The first-order chi connectivity index (χ1) is 11.8. The molecule has 3 aromatic rings. The molecule has 0 N–H and O–H groups in total. The number of hydrogen-bond acceptors (Lipinski definition) is 4. The summed E-state index contributed by atoms with van der Waals surface area (Å²) in [5, 5.41) is 1.75. The van der Waals surface area contributed by atoms with Crippen LogP contribution in [0.2, 0.25) is 0 Å². The normalized spacial score (nSPS) is 12.9. The van der Waals surface area contributed by atoms with Crippen LogP contribution in [0.15, 0.2) is 61.3 Å². The van der Waals surface area contributed by atoms with Crippen molar-refractivity contribution in [3.8, 4) is 22.4 Å². The van der Waals surface area contributed by atoms with E-state index in [4.69, 9.17) is 4.98 Å². The topological polar surface area (TPSA) is 51.6 Å². The molecule has 0 saturated heterocycles. The van der Waals surface area contributed by atoms with Gasteiger partial charge in [-0.2, -0.15) is 0 Å². The highest BCUT2D eigenvalue weighted by Gasteiger charge is 2.02. The van der Waals surface area contributed by atoms with Crippen LogP contribution in [0.1, 0.15) is 13.8 Å². The number of nitrogens with zero attached hydrogens (tertiary/aromatic N) is 4. The summed E-state index contributed by atoms with van der Waals surface area (Å²) < 4.78 is 0. The molecule has 0 atom stereocenters. The van der Waals surface area contributed by atoms with Gasteiger partial charge < -0.3 is 0 Å². The minimum atomic E-state index is 0.858. The van der Waals surface area contributed by atoms with E-state index in [1.807, 2.05) is 68.6 Å². The van der Waals surface area contributed by atoms with Crippen LogP contribution in [0.5, 0.6) is 0 Å². The zero-order chi connectivity index (χ0) is 16.8. The number of hydrogen-bond donors (Lipinski definition) is 0. The van der Waals surface area contributed by atoms with Gasteiger partial charge in [0.2, 0.25) is 0 Å². The van der Waals surface area contributed by atoms with Gasteiger partial charge in [0.25, 0.3) is 0 Å². The predicted octanol–water partition coefficient (Wildman–Crippen LogP) is 2.76. The monoisotopic (exact) mass is 314 g/mol. The summed E-state index contributed by atoms with van der Waals surface area (Å²) in [6, 6.07) is 8.18. The lowest BCUT2D eigenvalue weighted by molar-refractivity contribution is 1.10. The van der Waals surface area contributed by atoms with E-state index in [9.17, 15) is 0 Å². The van der Waals surface area contributed by atoms with Crippen LogP contribution >= 0.6 is 0 Å². The smallest absolute Gasteiger partial charge is 0.115 e. The summed E-state index contributed by atoms with van der Waals surface area (Å²) in [6.45, 7) is 3.95. The zero-order valence-corrected chi connectivity index (χ0v) is 13.7. The number of benzene rings is 1. The molecular weight excluding hydrogens is 296 g/mol. The van der Waals surface area contributed by atoms with Crippen LogP contribution in [-0.4, -0.2) is 19.9 Å². The summed E-state index contributed by atoms with van der Waals surface area (Å²) in [4.78, 5) is 17.3. The Balaban J connectivity index is 1.98. The maximum absolute atomic E-state index is 4.71. The van der Waals surface area contributed by atoms with Crippen molar-refractivity contribution in [2.45, 2.75) is 13.8 Å². The first kappa shape index (κ1) is 15.7. The van der Waals surface area contributed by atoms with E-state index in [-0.39, 0.29) is 0 Å². The molecule has 118 valence electrons. The van der Waals surface area contributed by atoms with Crippen molar-refractivity contribution in [2.75, 3.05) is 0 Å². The fraction of sp³-hybridized carbons (Fsp3) is 0.100. The second kappa shape index (κ2) is 7.42. The Hall–Kier alpha value is -3.14. The molecule has 0 fully saturated rings. The number of allylic oxidation sites excluding steroid dienone is 2. The highest BCUT2D eigenvalue weighted by atomic mass is 14.8. The minimum Gasteiger partial charge on any atom is -0.252 e. The maximum atomic E-state index is 4.71. The Kier molecular flexibility index (Phi) is 4.87. The summed E-state index contributed by atoms with van der Waals surface area (Å²) in [5.74, 6) is 0. The van der Waals surface area contributed by atoms with Gasteiger partial charge >= 0.3 is 0 Å². The number of rotatable bonds is 3. The van der Waals surface area contributed by atoms with E-state index < -0.39 is 0 Å². The van der Waals surface area contributed by atoms with Gasteiger partial charge in [-0.05, 0) is 25.5 Å². The third-order valence-electron chi connectivity index (χ3n) is 3.62. The van der Waals surface area contributed by atoms with Gasteiger partial charge in [0.05, 0.1) is 22.6 Å². The largest absolute Gasteiger partial charge is 0.252 e. The van der Waals surface area contributed by atoms with Gasteiger partial charge in [-0.25, -0.2) is 15.0 Å². The standard InChI is InChI=1S/C20H18N4/c1-3-5-6-19-18(4-2)24-20(13-23-19)16-9-7-15(8-10-16)17-11-21-14-22-12-17/h3-14H,1-2H3/b5-3-,18-4+,19-6+. The van der Waals surface area contributed by atoms with Crippen molar-refractivity contribution in [1.29, 1.82) is 0 Å². The van der Waals surface area contributed by atoms with Gasteiger partial charge in [-0.3, -0.25) is 4.98 Å². The molecule has 24 heavy (non-hydrogen) atoms. The van der Waals surface area contributed by atoms with E-state index in [0.717, 1.165) is 33.1 Å². The van der Waals surface area contributed by atoms with E-state index in [1.165, 1.54) is 6.33 Å². The van der Waals surface area contributed by atoms with Gasteiger partial charge in [-0.1, -0.05) is 42.5 Å². The summed E-state index contributed by atoms with van der Waals surface area (Å²) in [6.07, 6.45) is 14.8.